The minimum atomic E-state index is 0.871. The van der Waals surface area contributed by atoms with Crippen LogP contribution in [0, 0.1) is 5.92 Å². The molecule has 0 saturated heterocycles. The van der Waals surface area contributed by atoms with Crippen LogP contribution in [0.5, 0.6) is 0 Å². The van der Waals surface area contributed by atoms with E-state index in [-0.39, 0.29) is 0 Å². The molecule has 0 amide bonds. The lowest BCUT2D eigenvalue weighted by atomic mass is 9.79. The minimum Gasteiger partial charge on any atom is -0.309 e. The van der Waals surface area contributed by atoms with E-state index >= 15 is 0 Å². The molecule has 1 atom stereocenters. The van der Waals surface area contributed by atoms with Crippen molar-refractivity contribution in [3.63, 3.8) is 0 Å². The second-order valence-electron chi connectivity index (χ2n) is 7.64. The molecule has 0 aliphatic heterocycles. The van der Waals surface area contributed by atoms with Crippen molar-refractivity contribution in [3.05, 3.63) is 59.7 Å². The van der Waals surface area contributed by atoms with Crippen LogP contribution in [0.3, 0.4) is 0 Å². The molecule has 0 radical (unpaired) electrons. The average Bonchev–Trinajstić information content (AvgIpc) is 2.60. The summed E-state index contributed by atoms with van der Waals surface area (Å²) in [6.07, 6.45) is 6.56. The van der Waals surface area contributed by atoms with Gasteiger partial charge in [-0.25, -0.2) is 0 Å². The largest absolute Gasteiger partial charge is 0.309 e. The summed E-state index contributed by atoms with van der Waals surface area (Å²) >= 11 is 0. The SMILES string of the molecule is CN(C)CCCC1CCc2c(ccc3c2ccc2ccccc23)C1. The van der Waals surface area contributed by atoms with Gasteiger partial charge >= 0.3 is 0 Å². The molecule has 0 fully saturated rings. The Morgan fingerprint density at radius 2 is 1.75 bits per heavy atom. The fraction of sp³-hybridized carbons (Fsp3) is 0.391. The first-order chi connectivity index (χ1) is 11.7. The summed E-state index contributed by atoms with van der Waals surface area (Å²) in [6.45, 7) is 1.22. The summed E-state index contributed by atoms with van der Waals surface area (Å²) in [5.74, 6) is 0.871. The highest BCUT2D eigenvalue weighted by atomic mass is 15.0. The first-order valence-electron chi connectivity index (χ1n) is 9.29. The van der Waals surface area contributed by atoms with Crippen LogP contribution in [-0.4, -0.2) is 25.5 Å². The van der Waals surface area contributed by atoms with Crippen LogP contribution in [0.15, 0.2) is 48.5 Å². The lowest BCUT2D eigenvalue weighted by Crippen LogP contribution is -2.18. The highest BCUT2D eigenvalue weighted by Gasteiger charge is 2.20. The number of hydrogen-bond donors (Lipinski definition) is 0. The van der Waals surface area contributed by atoms with Gasteiger partial charge in [0, 0.05) is 0 Å². The van der Waals surface area contributed by atoms with E-state index in [1.54, 1.807) is 11.1 Å². The van der Waals surface area contributed by atoms with E-state index in [0.29, 0.717) is 0 Å². The van der Waals surface area contributed by atoms with E-state index in [1.165, 1.54) is 60.2 Å². The average molecular weight is 317 g/mol. The molecule has 1 aliphatic rings. The van der Waals surface area contributed by atoms with Gasteiger partial charge in [0.15, 0.2) is 0 Å². The molecule has 124 valence electrons. The highest BCUT2D eigenvalue weighted by molar-refractivity contribution is 6.08. The van der Waals surface area contributed by atoms with Gasteiger partial charge in [-0.2, -0.15) is 0 Å². The topological polar surface area (TPSA) is 3.24 Å². The first-order valence-corrected chi connectivity index (χ1v) is 9.29. The molecule has 0 bridgehead atoms. The molecule has 4 rings (SSSR count). The van der Waals surface area contributed by atoms with E-state index < -0.39 is 0 Å². The molecule has 1 nitrogen and oxygen atoms in total. The zero-order chi connectivity index (χ0) is 16.5. The summed E-state index contributed by atoms with van der Waals surface area (Å²) < 4.78 is 0. The van der Waals surface area contributed by atoms with Crippen molar-refractivity contribution in [1.29, 1.82) is 0 Å². The van der Waals surface area contributed by atoms with E-state index in [9.17, 15) is 0 Å². The van der Waals surface area contributed by atoms with Crippen LogP contribution in [0.4, 0.5) is 0 Å². The molecular weight excluding hydrogens is 290 g/mol. The molecule has 1 unspecified atom stereocenters. The molecule has 1 aliphatic carbocycles. The molecular formula is C23H27N. The van der Waals surface area contributed by atoms with Gasteiger partial charge in [0.2, 0.25) is 0 Å². The smallest absolute Gasteiger partial charge is 0.00247 e. The summed E-state index contributed by atoms with van der Waals surface area (Å²) in [6, 6.07) is 18.2. The lowest BCUT2D eigenvalue weighted by Gasteiger charge is -2.26. The first kappa shape index (κ1) is 15.7. The number of hydrogen-bond acceptors (Lipinski definition) is 1. The Bertz CT molecular complexity index is 862. The van der Waals surface area contributed by atoms with Crippen LogP contribution in [0.25, 0.3) is 21.5 Å². The molecule has 3 aromatic carbocycles. The second kappa shape index (κ2) is 6.57. The molecule has 0 heterocycles. The molecule has 24 heavy (non-hydrogen) atoms. The minimum absolute atomic E-state index is 0.871. The van der Waals surface area contributed by atoms with Crippen LogP contribution in [0.2, 0.25) is 0 Å². The molecule has 3 aromatic rings. The van der Waals surface area contributed by atoms with Crippen molar-refractivity contribution < 1.29 is 0 Å². The summed E-state index contributed by atoms with van der Waals surface area (Å²) in [5, 5.41) is 5.66. The monoisotopic (exact) mass is 317 g/mol. The molecule has 0 aromatic heterocycles. The van der Waals surface area contributed by atoms with Crippen molar-refractivity contribution >= 4 is 21.5 Å². The zero-order valence-corrected chi connectivity index (χ0v) is 14.9. The maximum absolute atomic E-state index is 2.40. The maximum atomic E-state index is 2.40. The van der Waals surface area contributed by atoms with Gasteiger partial charge in [-0.3, -0.25) is 0 Å². The normalized spacial score (nSPS) is 17.5. The Labute approximate surface area is 145 Å². The van der Waals surface area contributed by atoms with E-state index in [4.69, 9.17) is 0 Å². The number of rotatable bonds is 4. The Morgan fingerprint density at radius 1 is 0.917 bits per heavy atom. The predicted molar refractivity (Wildman–Crippen MR) is 105 cm³/mol. The lowest BCUT2D eigenvalue weighted by molar-refractivity contribution is 0.349. The molecule has 1 heteroatoms. The molecule has 0 saturated carbocycles. The van der Waals surface area contributed by atoms with Gasteiger partial charge in [0.1, 0.15) is 0 Å². The maximum Gasteiger partial charge on any atom is -0.00247 e. The van der Waals surface area contributed by atoms with Crippen LogP contribution in [0.1, 0.15) is 30.4 Å². The van der Waals surface area contributed by atoms with E-state index in [1.807, 2.05) is 0 Å². The quantitative estimate of drug-likeness (QED) is 0.579. The van der Waals surface area contributed by atoms with Gasteiger partial charge in [-0.1, -0.05) is 48.5 Å². The van der Waals surface area contributed by atoms with Crippen molar-refractivity contribution in [1.82, 2.24) is 4.90 Å². The van der Waals surface area contributed by atoms with Gasteiger partial charge in [0.25, 0.3) is 0 Å². The summed E-state index contributed by atoms with van der Waals surface area (Å²) in [5.41, 5.74) is 3.21. The third kappa shape index (κ3) is 2.93. The Balaban J connectivity index is 1.64. The van der Waals surface area contributed by atoms with Gasteiger partial charge in [-0.05, 0) is 91.3 Å². The third-order valence-corrected chi connectivity index (χ3v) is 5.66. The number of benzene rings is 3. The Kier molecular flexibility index (Phi) is 4.28. The van der Waals surface area contributed by atoms with Crippen molar-refractivity contribution in [3.8, 4) is 0 Å². The van der Waals surface area contributed by atoms with Crippen LogP contribution < -0.4 is 0 Å². The fourth-order valence-corrected chi connectivity index (χ4v) is 4.39. The van der Waals surface area contributed by atoms with Gasteiger partial charge < -0.3 is 4.90 Å². The van der Waals surface area contributed by atoms with E-state index in [0.717, 1.165) is 5.92 Å². The number of fused-ring (bicyclic) bond motifs is 5. The second-order valence-corrected chi connectivity index (χ2v) is 7.64. The standard InChI is InChI=1S/C23H27N/c1-24(2)15-5-6-17-9-12-21-19(16-17)11-14-22-20-8-4-3-7-18(20)10-13-23(21)22/h3-4,7-8,10-11,13-14,17H,5-6,9,12,15-16H2,1-2H3. The van der Waals surface area contributed by atoms with Crippen LogP contribution >= 0.6 is 0 Å². The van der Waals surface area contributed by atoms with Crippen molar-refractivity contribution in [2.75, 3.05) is 20.6 Å². The van der Waals surface area contributed by atoms with Gasteiger partial charge in [-0.15, -0.1) is 0 Å². The van der Waals surface area contributed by atoms with Gasteiger partial charge in [0.05, 0.1) is 0 Å². The fourth-order valence-electron chi connectivity index (χ4n) is 4.39. The highest BCUT2D eigenvalue weighted by Crippen LogP contribution is 2.35. The Hall–Kier alpha value is -1.86. The number of nitrogens with zero attached hydrogens (tertiary/aromatic N) is 1. The molecule has 0 N–H and O–H groups in total. The third-order valence-electron chi connectivity index (χ3n) is 5.66. The van der Waals surface area contributed by atoms with Crippen molar-refractivity contribution in [2.24, 2.45) is 5.92 Å². The van der Waals surface area contributed by atoms with E-state index in [2.05, 4.69) is 67.5 Å². The summed E-state index contributed by atoms with van der Waals surface area (Å²) in [7, 11) is 4.35. The Morgan fingerprint density at radius 3 is 2.62 bits per heavy atom. The molecule has 0 spiro atoms. The predicted octanol–water partition coefficient (Wildman–Crippen LogP) is 5.44. The van der Waals surface area contributed by atoms with Crippen LogP contribution in [-0.2, 0) is 12.8 Å². The number of aryl methyl sites for hydroxylation is 1. The zero-order valence-electron chi connectivity index (χ0n) is 14.9. The van der Waals surface area contributed by atoms with Crippen molar-refractivity contribution in [2.45, 2.75) is 32.1 Å². The summed E-state index contributed by atoms with van der Waals surface area (Å²) in [4.78, 5) is 2.30.